The Kier molecular flexibility index (Phi) is 5.68. The Morgan fingerprint density at radius 1 is 0.867 bits per heavy atom. The fourth-order valence-corrected chi connectivity index (χ4v) is 3.72. The van der Waals surface area contributed by atoms with Gasteiger partial charge in [0.1, 0.15) is 0 Å². The lowest BCUT2D eigenvalue weighted by Gasteiger charge is -2.35. The molecule has 1 aliphatic heterocycles. The maximum atomic E-state index is 13.0. The monoisotopic (exact) mass is 422 g/mol. The Bertz CT molecular complexity index is 1110. The molecule has 7 heteroatoms. The van der Waals surface area contributed by atoms with Crippen molar-refractivity contribution < 1.29 is 9.59 Å². The molecule has 0 unspecified atom stereocenters. The van der Waals surface area contributed by atoms with Gasteiger partial charge in [0.25, 0.3) is 5.91 Å². The number of aromatic nitrogens is 2. The molecule has 0 radical (unpaired) electrons. The van der Waals surface area contributed by atoms with E-state index >= 15 is 0 Å². The zero-order valence-electron chi connectivity index (χ0n) is 17.1. The molecule has 154 valence electrons. The van der Waals surface area contributed by atoms with Crippen LogP contribution >= 0.6 is 11.6 Å². The maximum Gasteiger partial charge on any atom is 0.254 e. The Morgan fingerprint density at radius 3 is 2.13 bits per heavy atom. The lowest BCUT2D eigenvalue weighted by molar-refractivity contribution is -0.131. The highest BCUT2D eigenvalue weighted by Crippen LogP contribution is 2.17. The number of carbonyl (C=O) groups excluding carboxylic acids is 2. The first-order valence-electron chi connectivity index (χ1n) is 9.97. The van der Waals surface area contributed by atoms with Crippen molar-refractivity contribution >= 4 is 34.4 Å². The molecule has 0 atom stereocenters. The summed E-state index contributed by atoms with van der Waals surface area (Å²) in [6, 6.07) is 12.8. The van der Waals surface area contributed by atoms with Crippen LogP contribution in [0.5, 0.6) is 0 Å². The van der Waals surface area contributed by atoms with Gasteiger partial charge in [0.05, 0.1) is 28.8 Å². The van der Waals surface area contributed by atoms with Gasteiger partial charge in [-0.25, -0.2) is 9.97 Å². The molecule has 1 saturated heterocycles. The highest BCUT2D eigenvalue weighted by atomic mass is 35.5. The quantitative estimate of drug-likeness (QED) is 0.648. The van der Waals surface area contributed by atoms with Crippen LogP contribution in [0.3, 0.4) is 0 Å². The second-order valence-electron chi connectivity index (χ2n) is 7.57. The van der Waals surface area contributed by atoms with Gasteiger partial charge >= 0.3 is 0 Å². The molecule has 0 spiro atoms. The van der Waals surface area contributed by atoms with Crippen LogP contribution in [0.4, 0.5) is 0 Å². The number of amides is 2. The van der Waals surface area contributed by atoms with Crippen molar-refractivity contribution in [3.8, 4) is 0 Å². The zero-order valence-corrected chi connectivity index (χ0v) is 17.8. The number of halogens is 1. The predicted molar refractivity (Wildman–Crippen MR) is 117 cm³/mol. The smallest absolute Gasteiger partial charge is 0.254 e. The molecule has 0 aliphatic carbocycles. The molecule has 2 heterocycles. The average molecular weight is 423 g/mol. The summed E-state index contributed by atoms with van der Waals surface area (Å²) >= 11 is 5.90. The van der Waals surface area contributed by atoms with E-state index in [1.54, 1.807) is 29.2 Å². The molecule has 0 N–H and O–H groups in total. The summed E-state index contributed by atoms with van der Waals surface area (Å²) in [5.41, 5.74) is 4.79. The van der Waals surface area contributed by atoms with Crippen molar-refractivity contribution in [2.24, 2.45) is 0 Å². The van der Waals surface area contributed by atoms with Gasteiger partial charge in [-0.05, 0) is 49.7 Å². The average Bonchev–Trinajstić information content (AvgIpc) is 2.75. The zero-order chi connectivity index (χ0) is 21.3. The Hall–Kier alpha value is -2.99. The van der Waals surface area contributed by atoms with E-state index in [1.807, 2.05) is 36.9 Å². The first-order valence-corrected chi connectivity index (χ1v) is 10.3. The summed E-state index contributed by atoms with van der Waals surface area (Å²) < 4.78 is 0. The molecule has 2 amide bonds. The van der Waals surface area contributed by atoms with Crippen molar-refractivity contribution in [3.05, 3.63) is 70.0 Å². The first kappa shape index (κ1) is 20.3. The van der Waals surface area contributed by atoms with Crippen LogP contribution in [0, 0.1) is 13.8 Å². The number of hydrogen-bond donors (Lipinski definition) is 0. The number of benzene rings is 2. The van der Waals surface area contributed by atoms with Gasteiger partial charge in [-0.1, -0.05) is 23.7 Å². The van der Waals surface area contributed by atoms with Gasteiger partial charge in [0.15, 0.2) is 0 Å². The fourth-order valence-electron chi connectivity index (χ4n) is 3.59. The Morgan fingerprint density at radius 2 is 1.47 bits per heavy atom. The number of piperazine rings is 1. The molecule has 6 nitrogen and oxygen atoms in total. The maximum absolute atomic E-state index is 13.0. The van der Waals surface area contributed by atoms with E-state index in [0.29, 0.717) is 43.2 Å². The normalized spacial score (nSPS) is 14.2. The number of fused-ring (bicyclic) bond motifs is 1. The Labute approximate surface area is 180 Å². The molecule has 4 rings (SSSR count). The second kappa shape index (κ2) is 8.40. The number of aryl methyl sites for hydroxylation is 2. The van der Waals surface area contributed by atoms with Crippen LogP contribution in [-0.4, -0.2) is 57.8 Å². The van der Waals surface area contributed by atoms with Crippen molar-refractivity contribution in [1.29, 1.82) is 0 Å². The molecule has 0 saturated carbocycles. The van der Waals surface area contributed by atoms with E-state index in [4.69, 9.17) is 11.6 Å². The minimum atomic E-state index is -0.0401. The Balaban J connectivity index is 1.39. The molecular formula is C23H23ClN4O2. The van der Waals surface area contributed by atoms with Crippen LogP contribution < -0.4 is 0 Å². The molecule has 30 heavy (non-hydrogen) atoms. The van der Waals surface area contributed by atoms with Crippen molar-refractivity contribution in [3.63, 3.8) is 0 Å². The van der Waals surface area contributed by atoms with E-state index < -0.39 is 0 Å². The highest BCUT2D eigenvalue weighted by Gasteiger charge is 2.25. The third kappa shape index (κ3) is 4.28. The van der Waals surface area contributed by atoms with Gasteiger partial charge in [0.2, 0.25) is 5.91 Å². The van der Waals surface area contributed by atoms with Crippen LogP contribution in [0.1, 0.15) is 27.3 Å². The molecule has 1 fully saturated rings. The van der Waals surface area contributed by atoms with Crippen LogP contribution in [0.25, 0.3) is 11.0 Å². The lowest BCUT2D eigenvalue weighted by Crippen LogP contribution is -2.51. The molecule has 1 aromatic heterocycles. The van der Waals surface area contributed by atoms with Gasteiger partial charge < -0.3 is 9.80 Å². The highest BCUT2D eigenvalue weighted by molar-refractivity contribution is 6.30. The minimum Gasteiger partial charge on any atom is -0.339 e. The van der Waals surface area contributed by atoms with E-state index in [1.165, 1.54) is 0 Å². The summed E-state index contributed by atoms with van der Waals surface area (Å²) in [5, 5.41) is 0.656. The van der Waals surface area contributed by atoms with Crippen LogP contribution in [-0.2, 0) is 11.2 Å². The van der Waals surface area contributed by atoms with Crippen LogP contribution in [0.15, 0.2) is 42.5 Å². The van der Waals surface area contributed by atoms with Crippen molar-refractivity contribution in [2.75, 3.05) is 26.2 Å². The van der Waals surface area contributed by atoms with Crippen molar-refractivity contribution in [2.45, 2.75) is 20.3 Å². The van der Waals surface area contributed by atoms with E-state index in [0.717, 1.165) is 28.0 Å². The minimum absolute atomic E-state index is 0.0401. The molecule has 3 aromatic rings. The van der Waals surface area contributed by atoms with Gasteiger partial charge in [0, 0.05) is 36.8 Å². The van der Waals surface area contributed by atoms with Crippen molar-refractivity contribution in [1.82, 2.24) is 19.8 Å². The number of rotatable bonds is 3. The van der Waals surface area contributed by atoms with E-state index in [-0.39, 0.29) is 11.8 Å². The third-order valence-electron chi connectivity index (χ3n) is 5.51. The van der Waals surface area contributed by atoms with E-state index in [9.17, 15) is 9.59 Å². The number of nitrogens with zero attached hydrogens (tertiary/aromatic N) is 4. The van der Waals surface area contributed by atoms with Gasteiger partial charge in [-0.15, -0.1) is 0 Å². The number of hydrogen-bond acceptors (Lipinski definition) is 4. The molecule has 1 aliphatic rings. The first-order chi connectivity index (χ1) is 14.4. The van der Waals surface area contributed by atoms with E-state index in [2.05, 4.69) is 9.97 Å². The second-order valence-corrected chi connectivity index (χ2v) is 8.01. The number of carbonyl (C=O) groups is 2. The lowest BCUT2D eigenvalue weighted by atomic mass is 10.1. The van der Waals surface area contributed by atoms with Gasteiger partial charge in [-0.2, -0.15) is 0 Å². The fraction of sp³-hybridized carbons (Fsp3) is 0.304. The summed E-state index contributed by atoms with van der Waals surface area (Å²) in [7, 11) is 0. The third-order valence-corrected chi connectivity index (χ3v) is 5.76. The largest absolute Gasteiger partial charge is 0.339 e. The summed E-state index contributed by atoms with van der Waals surface area (Å²) in [6.07, 6.45) is 0.341. The molecule has 0 bridgehead atoms. The van der Waals surface area contributed by atoms with Crippen LogP contribution in [0.2, 0.25) is 5.02 Å². The predicted octanol–water partition coefficient (Wildman–Crippen LogP) is 3.43. The molecular weight excluding hydrogens is 400 g/mol. The SMILES string of the molecule is Cc1nc2ccc(C(=O)N3CCN(C(=O)Cc4ccc(Cl)cc4)CC3)cc2nc1C. The van der Waals surface area contributed by atoms with Gasteiger partial charge in [-0.3, -0.25) is 9.59 Å². The summed E-state index contributed by atoms with van der Waals surface area (Å²) in [5.74, 6) is 0.0259. The molecule has 2 aromatic carbocycles. The topological polar surface area (TPSA) is 66.4 Å². The summed E-state index contributed by atoms with van der Waals surface area (Å²) in [4.78, 5) is 38.2. The standard InChI is InChI=1S/C23H23ClN4O2/c1-15-16(2)26-21-14-18(5-8-20(21)25-15)23(30)28-11-9-27(10-12-28)22(29)13-17-3-6-19(24)7-4-17/h3-8,14H,9-13H2,1-2H3. The summed E-state index contributed by atoms with van der Waals surface area (Å²) in [6.45, 7) is 5.93.